The molecule has 2 rings (SSSR count). The van der Waals surface area contributed by atoms with Crippen LogP contribution in [0.4, 0.5) is 10.5 Å². The van der Waals surface area contributed by atoms with Crippen molar-refractivity contribution in [3.05, 3.63) is 28.2 Å². The van der Waals surface area contributed by atoms with Gasteiger partial charge >= 0.3 is 6.09 Å². The fourth-order valence-corrected chi connectivity index (χ4v) is 3.05. The Bertz CT molecular complexity index is 698. The number of anilines is 1. The lowest BCUT2D eigenvalue weighted by molar-refractivity contribution is -0.121. The number of nitrogens with zero attached hydrogens (tertiary/aromatic N) is 2. The molecule has 0 aromatic heterocycles. The quantitative estimate of drug-likeness (QED) is 0.805. The van der Waals surface area contributed by atoms with Gasteiger partial charge in [0.15, 0.2) is 0 Å². The number of benzene rings is 1. The molecular formula is C18H22BrN3O3. The summed E-state index contributed by atoms with van der Waals surface area (Å²) in [6.45, 7) is 6.50. The zero-order valence-electron chi connectivity index (χ0n) is 14.6. The minimum absolute atomic E-state index is 0.0748. The van der Waals surface area contributed by atoms with Crippen LogP contribution in [-0.2, 0) is 9.53 Å². The molecule has 6 nitrogen and oxygen atoms in total. The van der Waals surface area contributed by atoms with Crippen molar-refractivity contribution in [2.45, 2.75) is 39.2 Å². The van der Waals surface area contributed by atoms with Gasteiger partial charge in [-0.25, -0.2) is 4.79 Å². The molecule has 1 saturated heterocycles. The fourth-order valence-electron chi connectivity index (χ4n) is 2.57. The van der Waals surface area contributed by atoms with Crippen LogP contribution in [0.3, 0.4) is 0 Å². The second-order valence-electron chi connectivity index (χ2n) is 7.04. The van der Waals surface area contributed by atoms with E-state index < -0.39 is 5.60 Å². The maximum absolute atomic E-state index is 12.4. The average molecular weight is 408 g/mol. The second-order valence-corrected chi connectivity index (χ2v) is 7.89. The lowest BCUT2D eigenvalue weighted by Gasteiger charge is -2.33. The Morgan fingerprint density at radius 3 is 2.48 bits per heavy atom. The summed E-state index contributed by atoms with van der Waals surface area (Å²) >= 11 is 3.36. The van der Waals surface area contributed by atoms with E-state index in [1.165, 1.54) is 0 Å². The van der Waals surface area contributed by atoms with E-state index in [0.29, 0.717) is 41.7 Å². The van der Waals surface area contributed by atoms with E-state index in [9.17, 15) is 9.59 Å². The third kappa shape index (κ3) is 5.46. The van der Waals surface area contributed by atoms with Crippen molar-refractivity contribution in [2.75, 3.05) is 18.4 Å². The molecule has 1 aliphatic heterocycles. The topological polar surface area (TPSA) is 82.4 Å². The second kappa shape index (κ2) is 7.87. The van der Waals surface area contributed by atoms with Crippen LogP contribution in [0.2, 0.25) is 0 Å². The number of amides is 2. The molecule has 2 amide bonds. The molecule has 1 aromatic rings. The van der Waals surface area contributed by atoms with Gasteiger partial charge in [-0.1, -0.05) is 0 Å². The number of hydrogen-bond acceptors (Lipinski definition) is 4. The molecule has 1 fully saturated rings. The molecule has 25 heavy (non-hydrogen) atoms. The molecule has 0 saturated carbocycles. The minimum atomic E-state index is -0.521. The maximum atomic E-state index is 12.4. The van der Waals surface area contributed by atoms with Gasteiger partial charge in [-0.3, -0.25) is 4.79 Å². The summed E-state index contributed by atoms with van der Waals surface area (Å²) in [5.41, 5.74) is 0.641. The Balaban J connectivity index is 1.89. The molecular weight excluding hydrogens is 386 g/mol. The van der Waals surface area contributed by atoms with Gasteiger partial charge < -0.3 is 15.0 Å². The number of piperidine rings is 1. The Morgan fingerprint density at radius 2 is 1.96 bits per heavy atom. The van der Waals surface area contributed by atoms with Crippen LogP contribution in [0.5, 0.6) is 0 Å². The number of ether oxygens (including phenoxy) is 1. The zero-order chi connectivity index (χ0) is 18.6. The summed E-state index contributed by atoms with van der Waals surface area (Å²) in [7, 11) is 0. The van der Waals surface area contributed by atoms with E-state index >= 15 is 0 Å². The van der Waals surface area contributed by atoms with Crippen molar-refractivity contribution in [1.82, 2.24) is 4.90 Å². The standard InChI is InChI=1S/C18H22BrN3O3/c1-18(2,3)25-17(24)22-8-6-13(7-9-22)16(23)21-15-5-4-12(11-20)10-14(15)19/h4-5,10,13H,6-9H2,1-3H3,(H,21,23). The number of carbonyl (C=O) groups is 2. The van der Waals surface area contributed by atoms with Gasteiger partial charge in [0.25, 0.3) is 0 Å². The van der Waals surface area contributed by atoms with Gasteiger partial charge in [0.1, 0.15) is 5.60 Å². The number of hydrogen-bond donors (Lipinski definition) is 1. The van der Waals surface area contributed by atoms with Crippen LogP contribution >= 0.6 is 15.9 Å². The molecule has 0 atom stereocenters. The van der Waals surface area contributed by atoms with Gasteiger partial charge in [0, 0.05) is 23.5 Å². The summed E-state index contributed by atoms with van der Waals surface area (Å²) < 4.78 is 6.03. The highest BCUT2D eigenvalue weighted by atomic mass is 79.9. The predicted octanol–water partition coefficient (Wildman–Crippen LogP) is 3.91. The summed E-state index contributed by atoms with van der Waals surface area (Å²) in [6.07, 6.45) is 0.860. The molecule has 1 N–H and O–H groups in total. The van der Waals surface area contributed by atoms with Crippen LogP contribution in [0, 0.1) is 17.2 Å². The number of nitriles is 1. The van der Waals surface area contributed by atoms with Crippen LogP contribution in [0.1, 0.15) is 39.2 Å². The highest BCUT2D eigenvalue weighted by Gasteiger charge is 2.30. The monoisotopic (exact) mass is 407 g/mol. The van der Waals surface area contributed by atoms with E-state index in [4.69, 9.17) is 10.00 Å². The van der Waals surface area contributed by atoms with Crippen molar-refractivity contribution in [3.63, 3.8) is 0 Å². The number of nitrogens with one attached hydrogen (secondary N) is 1. The Kier molecular flexibility index (Phi) is 6.07. The van der Waals surface area contributed by atoms with Gasteiger partial charge in [-0.05, 0) is 67.7 Å². The summed E-state index contributed by atoms with van der Waals surface area (Å²) in [6, 6.07) is 7.08. The molecule has 1 heterocycles. The van der Waals surface area contributed by atoms with Gasteiger partial charge in [-0.2, -0.15) is 5.26 Å². The largest absolute Gasteiger partial charge is 0.444 e. The summed E-state index contributed by atoms with van der Waals surface area (Å²) in [4.78, 5) is 26.2. The van der Waals surface area contributed by atoms with E-state index in [0.717, 1.165) is 0 Å². The molecule has 0 spiro atoms. The van der Waals surface area contributed by atoms with Crippen LogP contribution in [0.15, 0.2) is 22.7 Å². The molecule has 0 unspecified atom stereocenters. The molecule has 1 aromatic carbocycles. The number of likely N-dealkylation sites (tertiary alicyclic amines) is 1. The normalized spacial score (nSPS) is 15.4. The average Bonchev–Trinajstić information content (AvgIpc) is 2.55. The van der Waals surface area contributed by atoms with Crippen molar-refractivity contribution in [1.29, 1.82) is 5.26 Å². The molecule has 0 radical (unpaired) electrons. The first-order chi connectivity index (χ1) is 11.7. The van der Waals surface area contributed by atoms with E-state index in [1.54, 1.807) is 23.1 Å². The lowest BCUT2D eigenvalue weighted by Crippen LogP contribution is -2.43. The van der Waals surface area contributed by atoms with Crippen molar-refractivity contribution >= 4 is 33.6 Å². The molecule has 7 heteroatoms. The molecule has 134 valence electrons. The zero-order valence-corrected chi connectivity index (χ0v) is 16.2. The maximum Gasteiger partial charge on any atom is 0.410 e. The minimum Gasteiger partial charge on any atom is -0.444 e. The lowest BCUT2D eigenvalue weighted by atomic mass is 9.96. The van der Waals surface area contributed by atoms with Crippen molar-refractivity contribution in [3.8, 4) is 6.07 Å². The highest BCUT2D eigenvalue weighted by Crippen LogP contribution is 2.26. The van der Waals surface area contributed by atoms with Gasteiger partial charge in [-0.15, -0.1) is 0 Å². The van der Waals surface area contributed by atoms with Gasteiger partial charge in [0.2, 0.25) is 5.91 Å². The Hall–Kier alpha value is -2.07. The fraction of sp³-hybridized carbons (Fsp3) is 0.500. The summed E-state index contributed by atoms with van der Waals surface area (Å²) in [5, 5.41) is 11.8. The molecule has 0 aliphatic carbocycles. The molecule has 0 bridgehead atoms. The highest BCUT2D eigenvalue weighted by molar-refractivity contribution is 9.10. The molecule has 1 aliphatic rings. The third-order valence-electron chi connectivity index (χ3n) is 3.87. The van der Waals surface area contributed by atoms with E-state index in [1.807, 2.05) is 20.8 Å². The SMILES string of the molecule is CC(C)(C)OC(=O)N1CCC(C(=O)Nc2ccc(C#N)cc2Br)CC1. The van der Waals surface area contributed by atoms with Crippen LogP contribution < -0.4 is 5.32 Å². The number of rotatable bonds is 2. The number of carbonyl (C=O) groups excluding carboxylic acids is 2. The first-order valence-corrected chi connectivity index (χ1v) is 8.97. The van der Waals surface area contributed by atoms with E-state index in [2.05, 4.69) is 27.3 Å². The van der Waals surface area contributed by atoms with Crippen LogP contribution in [0.25, 0.3) is 0 Å². The predicted molar refractivity (Wildman–Crippen MR) is 98.0 cm³/mol. The van der Waals surface area contributed by atoms with Crippen molar-refractivity contribution < 1.29 is 14.3 Å². The first-order valence-electron chi connectivity index (χ1n) is 8.18. The Labute approximate surface area is 156 Å². The Morgan fingerprint density at radius 1 is 1.32 bits per heavy atom. The first kappa shape index (κ1) is 19.3. The smallest absolute Gasteiger partial charge is 0.410 e. The third-order valence-corrected chi connectivity index (χ3v) is 4.53. The summed E-state index contributed by atoms with van der Waals surface area (Å²) in [5.74, 6) is -0.226. The van der Waals surface area contributed by atoms with E-state index in [-0.39, 0.29) is 17.9 Å². The van der Waals surface area contributed by atoms with Crippen molar-refractivity contribution in [2.24, 2.45) is 5.92 Å². The van der Waals surface area contributed by atoms with Crippen LogP contribution in [-0.4, -0.2) is 35.6 Å². The number of halogens is 1. The van der Waals surface area contributed by atoms with Gasteiger partial charge in [0.05, 0.1) is 17.3 Å².